The largest absolute Gasteiger partial charge is 0.413 e. The Bertz CT molecular complexity index is 885. The summed E-state index contributed by atoms with van der Waals surface area (Å²) in [4.78, 5) is 17.8. The number of aromatic nitrogens is 1. The smallest absolute Gasteiger partial charge is 0.291 e. The summed E-state index contributed by atoms with van der Waals surface area (Å²) in [7, 11) is 1.52. The van der Waals surface area contributed by atoms with E-state index in [-0.39, 0.29) is 11.0 Å². The van der Waals surface area contributed by atoms with Gasteiger partial charge in [-0.1, -0.05) is 45.0 Å². The van der Waals surface area contributed by atoms with E-state index >= 15 is 0 Å². The van der Waals surface area contributed by atoms with E-state index in [2.05, 4.69) is 26.8 Å². The zero-order valence-electron chi connectivity index (χ0n) is 12.8. The van der Waals surface area contributed by atoms with Crippen LogP contribution in [0.1, 0.15) is 26.3 Å². The molecule has 3 nitrogen and oxygen atoms in total. The fraction of sp³-hybridized carbons (Fsp3) is 0.278. The van der Waals surface area contributed by atoms with Gasteiger partial charge in [0.05, 0.1) is 10.9 Å². The molecule has 0 aliphatic rings. The first kappa shape index (κ1) is 13.7. The molecule has 0 amide bonds. The zero-order valence-corrected chi connectivity index (χ0v) is 12.8. The topological polar surface area (TPSA) is 31.2 Å². The van der Waals surface area contributed by atoms with Crippen molar-refractivity contribution < 1.29 is 4.84 Å². The Morgan fingerprint density at radius 1 is 0.952 bits per heavy atom. The molecule has 0 atom stereocenters. The lowest BCUT2D eigenvalue weighted by Crippen LogP contribution is -2.25. The maximum absolute atomic E-state index is 12.6. The first-order valence-electron chi connectivity index (χ1n) is 7.06. The Kier molecular flexibility index (Phi) is 3.01. The summed E-state index contributed by atoms with van der Waals surface area (Å²) in [6, 6.07) is 13.9. The highest BCUT2D eigenvalue weighted by Crippen LogP contribution is 2.28. The molecule has 0 saturated carbocycles. The number of hydrogen-bond donors (Lipinski definition) is 0. The fourth-order valence-corrected chi connectivity index (χ4v) is 2.70. The Morgan fingerprint density at radius 3 is 2.33 bits per heavy atom. The third-order valence-corrected chi connectivity index (χ3v) is 3.90. The highest BCUT2D eigenvalue weighted by atomic mass is 16.6. The SMILES string of the molecule is COn1c(=O)c2ccc(C(C)(C)C)cc2c2ccccc21. The molecule has 2 aromatic carbocycles. The van der Waals surface area contributed by atoms with Crippen LogP contribution in [0, 0.1) is 0 Å². The number of fused-ring (bicyclic) bond motifs is 3. The number of hydrogen-bond acceptors (Lipinski definition) is 2. The van der Waals surface area contributed by atoms with Gasteiger partial charge in [-0.3, -0.25) is 4.79 Å². The van der Waals surface area contributed by atoms with Crippen LogP contribution in [-0.2, 0) is 5.41 Å². The lowest BCUT2D eigenvalue weighted by Gasteiger charge is -2.20. The molecular formula is C18H19NO2. The van der Waals surface area contributed by atoms with E-state index in [1.54, 1.807) is 0 Å². The quantitative estimate of drug-likeness (QED) is 0.639. The molecular weight excluding hydrogens is 262 g/mol. The van der Waals surface area contributed by atoms with Crippen molar-refractivity contribution in [3.63, 3.8) is 0 Å². The van der Waals surface area contributed by atoms with Gasteiger partial charge in [0.25, 0.3) is 5.56 Å². The number of benzene rings is 2. The fourth-order valence-electron chi connectivity index (χ4n) is 2.70. The van der Waals surface area contributed by atoms with Crippen molar-refractivity contribution in [3.8, 4) is 0 Å². The van der Waals surface area contributed by atoms with E-state index < -0.39 is 0 Å². The number of para-hydroxylation sites is 1. The Hall–Kier alpha value is -2.29. The molecule has 3 heteroatoms. The molecule has 0 aliphatic heterocycles. The lowest BCUT2D eigenvalue weighted by molar-refractivity contribution is 0.170. The van der Waals surface area contributed by atoms with E-state index in [0.717, 1.165) is 16.3 Å². The summed E-state index contributed by atoms with van der Waals surface area (Å²) < 4.78 is 1.36. The van der Waals surface area contributed by atoms with Gasteiger partial charge in [-0.25, -0.2) is 0 Å². The lowest BCUT2D eigenvalue weighted by atomic mass is 9.85. The summed E-state index contributed by atoms with van der Waals surface area (Å²) in [5, 5.41) is 2.69. The molecule has 0 saturated heterocycles. The zero-order chi connectivity index (χ0) is 15.2. The van der Waals surface area contributed by atoms with Gasteiger partial charge in [0, 0.05) is 5.39 Å². The molecule has 1 heterocycles. The average Bonchev–Trinajstić information content (AvgIpc) is 2.46. The third kappa shape index (κ3) is 2.09. The minimum atomic E-state index is -0.119. The van der Waals surface area contributed by atoms with Crippen LogP contribution in [0.2, 0.25) is 0 Å². The van der Waals surface area contributed by atoms with E-state index in [1.165, 1.54) is 17.4 Å². The highest BCUT2D eigenvalue weighted by molar-refractivity contribution is 6.05. The molecule has 0 fully saturated rings. The Labute approximate surface area is 123 Å². The van der Waals surface area contributed by atoms with Gasteiger partial charge in [-0.05, 0) is 34.6 Å². The van der Waals surface area contributed by atoms with Crippen molar-refractivity contribution in [3.05, 3.63) is 58.4 Å². The summed E-state index contributed by atoms with van der Waals surface area (Å²) in [6.45, 7) is 6.52. The van der Waals surface area contributed by atoms with Crippen LogP contribution < -0.4 is 10.4 Å². The summed E-state index contributed by atoms with van der Waals surface area (Å²) in [6.07, 6.45) is 0. The van der Waals surface area contributed by atoms with Crippen molar-refractivity contribution in [2.75, 3.05) is 7.11 Å². The summed E-state index contributed by atoms with van der Waals surface area (Å²) >= 11 is 0. The van der Waals surface area contributed by atoms with Crippen LogP contribution >= 0.6 is 0 Å². The second-order valence-electron chi connectivity index (χ2n) is 6.31. The second-order valence-corrected chi connectivity index (χ2v) is 6.31. The van der Waals surface area contributed by atoms with E-state index in [1.807, 2.05) is 36.4 Å². The van der Waals surface area contributed by atoms with Crippen LogP contribution in [0.15, 0.2) is 47.3 Å². The van der Waals surface area contributed by atoms with Crippen molar-refractivity contribution in [1.29, 1.82) is 0 Å². The maximum Gasteiger partial charge on any atom is 0.291 e. The normalized spacial score (nSPS) is 12.0. The summed E-state index contributed by atoms with van der Waals surface area (Å²) in [5.74, 6) is 0. The van der Waals surface area contributed by atoms with Gasteiger partial charge >= 0.3 is 0 Å². The van der Waals surface area contributed by atoms with Crippen LogP contribution in [-0.4, -0.2) is 11.8 Å². The predicted octanol–water partition coefficient (Wildman–Crippen LogP) is 3.51. The molecule has 21 heavy (non-hydrogen) atoms. The maximum atomic E-state index is 12.6. The molecule has 3 aromatic rings. The van der Waals surface area contributed by atoms with Gasteiger partial charge in [0.2, 0.25) is 0 Å². The number of nitrogens with zero attached hydrogens (tertiary/aromatic N) is 1. The van der Waals surface area contributed by atoms with Gasteiger partial charge in [0.15, 0.2) is 0 Å². The molecule has 0 unspecified atom stereocenters. The van der Waals surface area contributed by atoms with Crippen molar-refractivity contribution in [1.82, 2.24) is 4.73 Å². The Balaban J connectivity index is 2.53. The van der Waals surface area contributed by atoms with Crippen LogP contribution in [0.3, 0.4) is 0 Å². The van der Waals surface area contributed by atoms with Gasteiger partial charge in [0.1, 0.15) is 7.11 Å². The van der Waals surface area contributed by atoms with Crippen LogP contribution in [0.5, 0.6) is 0 Å². The van der Waals surface area contributed by atoms with E-state index in [9.17, 15) is 4.79 Å². The monoisotopic (exact) mass is 281 g/mol. The second kappa shape index (κ2) is 4.62. The van der Waals surface area contributed by atoms with Crippen molar-refractivity contribution >= 4 is 21.7 Å². The molecule has 0 N–H and O–H groups in total. The molecule has 0 spiro atoms. The minimum Gasteiger partial charge on any atom is -0.413 e. The van der Waals surface area contributed by atoms with Crippen molar-refractivity contribution in [2.24, 2.45) is 0 Å². The molecule has 108 valence electrons. The molecule has 0 bridgehead atoms. The molecule has 1 aromatic heterocycles. The van der Waals surface area contributed by atoms with E-state index in [4.69, 9.17) is 4.84 Å². The van der Waals surface area contributed by atoms with Crippen molar-refractivity contribution in [2.45, 2.75) is 26.2 Å². The average molecular weight is 281 g/mol. The standard InChI is InChI=1S/C18H19NO2/c1-18(2,3)12-9-10-14-15(11-12)13-7-5-6-8-16(13)19(21-4)17(14)20/h5-11H,1-4H3. The number of pyridine rings is 1. The molecule has 3 rings (SSSR count). The molecule has 0 radical (unpaired) electrons. The minimum absolute atomic E-state index is 0.0470. The van der Waals surface area contributed by atoms with Crippen LogP contribution in [0.25, 0.3) is 21.7 Å². The highest BCUT2D eigenvalue weighted by Gasteiger charge is 2.17. The van der Waals surface area contributed by atoms with Crippen LogP contribution in [0.4, 0.5) is 0 Å². The van der Waals surface area contributed by atoms with Gasteiger partial charge in [-0.15, -0.1) is 4.73 Å². The first-order valence-corrected chi connectivity index (χ1v) is 7.06. The van der Waals surface area contributed by atoms with Gasteiger partial charge in [-0.2, -0.15) is 0 Å². The van der Waals surface area contributed by atoms with Gasteiger partial charge < -0.3 is 4.84 Å². The summed E-state index contributed by atoms with van der Waals surface area (Å²) in [5.41, 5.74) is 1.94. The third-order valence-electron chi connectivity index (χ3n) is 3.90. The first-order chi connectivity index (χ1) is 9.93. The molecule has 0 aliphatic carbocycles. The predicted molar refractivity (Wildman–Crippen MR) is 86.9 cm³/mol. The van der Waals surface area contributed by atoms with E-state index in [0.29, 0.717) is 5.39 Å². The Morgan fingerprint density at radius 2 is 1.67 bits per heavy atom. The number of rotatable bonds is 1.